The quantitative estimate of drug-likeness (QED) is 0.122. The van der Waals surface area contributed by atoms with E-state index in [9.17, 15) is 24.0 Å². The number of barbiturate groups is 1. The molecule has 0 unspecified atom stereocenters. The molecule has 0 saturated carbocycles. The third-order valence-electron chi connectivity index (χ3n) is 4.24. The lowest BCUT2D eigenvalue weighted by Crippen LogP contribution is -2.56. The molecule has 0 spiro atoms. The Morgan fingerprint density at radius 3 is 2.03 bits per heavy atom. The van der Waals surface area contributed by atoms with Crippen LogP contribution in [0.4, 0.5) is 10.5 Å². The molecule has 1 N–H and O–H groups in total. The zero-order chi connectivity index (χ0) is 22.3. The van der Waals surface area contributed by atoms with E-state index in [1.165, 1.54) is 30.5 Å². The maximum absolute atomic E-state index is 12.4. The van der Waals surface area contributed by atoms with E-state index in [-0.39, 0.29) is 31.0 Å². The minimum absolute atomic E-state index is 0.111. The summed E-state index contributed by atoms with van der Waals surface area (Å²) in [5, 5.41) is 2.80. The van der Waals surface area contributed by atoms with Gasteiger partial charge in [-0.1, -0.05) is 0 Å². The number of carbonyl (C=O) groups is 5. The van der Waals surface area contributed by atoms with Gasteiger partial charge in [0.25, 0.3) is 17.6 Å². The minimum atomic E-state index is -1.03. The number of ether oxygens (including phenoxy) is 2. The summed E-state index contributed by atoms with van der Waals surface area (Å²) in [6.07, 6.45) is 1.22. The van der Waals surface area contributed by atoms with Gasteiger partial charge < -0.3 is 14.8 Å². The van der Waals surface area contributed by atoms with Crippen LogP contribution in [0.5, 0.6) is 0 Å². The van der Waals surface area contributed by atoms with Gasteiger partial charge in [0.05, 0.1) is 0 Å². The molecule has 1 saturated heterocycles. The molecule has 0 radical (unpaired) electrons. The Bertz CT molecular complexity index is 849. The number of Topliss-reactive ketones (excluding diaryl/α,β-unsaturated/α-hetero) is 1. The van der Waals surface area contributed by atoms with Crippen molar-refractivity contribution in [2.24, 2.45) is 0 Å². The largest absolute Gasteiger partial charge is 0.432 e. The van der Waals surface area contributed by atoms with Gasteiger partial charge in [0.1, 0.15) is 5.57 Å². The fourth-order valence-corrected chi connectivity index (χ4v) is 2.62. The third kappa shape index (κ3) is 4.90. The van der Waals surface area contributed by atoms with Crippen molar-refractivity contribution >= 4 is 35.3 Å². The van der Waals surface area contributed by atoms with E-state index in [0.29, 0.717) is 12.3 Å². The molecular formula is C20H23N3O7. The summed E-state index contributed by atoms with van der Waals surface area (Å²) in [4.78, 5) is 62.7. The smallest absolute Gasteiger partial charge is 0.381 e. The van der Waals surface area contributed by atoms with E-state index in [4.69, 9.17) is 4.74 Å². The van der Waals surface area contributed by atoms with Gasteiger partial charge >= 0.3 is 12.0 Å². The molecule has 1 fully saturated rings. The van der Waals surface area contributed by atoms with Gasteiger partial charge in [-0.2, -0.15) is 0 Å². The number of imide groups is 2. The van der Waals surface area contributed by atoms with Gasteiger partial charge in [-0.25, -0.2) is 9.59 Å². The number of rotatable bonds is 9. The van der Waals surface area contributed by atoms with Crippen LogP contribution in [-0.4, -0.2) is 65.9 Å². The maximum atomic E-state index is 12.4. The molecule has 0 aliphatic carbocycles. The molecule has 2 rings (SSSR count). The van der Waals surface area contributed by atoms with Crippen LogP contribution in [0, 0.1) is 0 Å². The maximum Gasteiger partial charge on any atom is 0.381 e. The highest BCUT2D eigenvalue weighted by molar-refractivity contribution is 6.40. The van der Waals surface area contributed by atoms with Crippen LogP contribution in [-0.2, 0) is 23.9 Å². The van der Waals surface area contributed by atoms with Crippen molar-refractivity contribution in [3.8, 4) is 0 Å². The first-order chi connectivity index (χ1) is 14.3. The summed E-state index contributed by atoms with van der Waals surface area (Å²) in [6.45, 7) is 5.32. The molecule has 0 aromatic heterocycles. The lowest BCUT2D eigenvalue weighted by Gasteiger charge is -2.32. The van der Waals surface area contributed by atoms with Crippen molar-refractivity contribution in [1.82, 2.24) is 9.80 Å². The summed E-state index contributed by atoms with van der Waals surface area (Å²) in [6, 6.07) is 5.15. The zero-order valence-corrected chi connectivity index (χ0v) is 17.0. The van der Waals surface area contributed by atoms with E-state index < -0.39 is 29.6 Å². The number of hydrogen-bond donors (Lipinski definition) is 1. The van der Waals surface area contributed by atoms with Crippen LogP contribution in [0.25, 0.3) is 0 Å². The molecule has 10 heteroatoms. The summed E-state index contributed by atoms with van der Waals surface area (Å²) in [7, 11) is 0. The normalized spacial score (nSPS) is 14.1. The number of esters is 1. The Morgan fingerprint density at radius 1 is 0.967 bits per heavy atom. The molecule has 30 heavy (non-hydrogen) atoms. The molecule has 0 atom stereocenters. The second-order valence-electron chi connectivity index (χ2n) is 6.03. The van der Waals surface area contributed by atoms with Gasteiger partial charge in [0.15, 0.2) is 6.79 Å². The van der Waals surface area contributed by atoms with Crippen molar-refractivity contribution in [2.45, 2.75) is 20.8 Å². The average Bonchev–Trinajstić information content (AvgIpc) is 2.74. The zero-order valence-electron chi connectivity index (χ0n) is 17.0. The molecule has 1 aromatic rings. The second-order valence-corrected chi connectivity index (χ2v) is 6.03. The number of likely N-dealkylation sites (N-methyl/N-ethyl adjacent to an activating group) is 2. The number of ketones is 1. The molecule has 1 aliphatic rings. The summed E-state index contributed by atoms with van der Waals surface area (Å²) in [5.74, 6) is -3.23. The summed E-state index contributed by atoms with van der Waals surface area (Å²) < 4.78 is 9.54. The highest BCUT2D eigenvalue weighted by atomic mass is 16.7. The Hall–Kier alpha value is -3.53. The first-order valence-electron chi connectivity index (χ1n) is 9.39. The van der Waals surface area contributed by atoms with Crippen LogP contribution in [0.1, 0.15) is 31.1 Å². The molecule has 1 aromatic carbocycles. The van der Waals surface area contributed by atoms with Gasteiger partial charge in [-0.3, -0.25) is 24.2 Å². The molecule has 4 amide bonds. The third-order valence-corrected chi connectivity index (χ3v) is 4.24. The van der Waals surface area contributed by atoms with E-state index in [2.05, 4.69) is 10.1 Å². The van der Waals surface area contributed by atoms with E-state index in [1.807, 2.05) is 0 Å². The van der Waals surface area contributed by atoms with Crippen molar-refractivity contribution in [3.63, 3.8) is 0 Å². The van der Waals surface area contributed by atoms with Crippen LogP contribution < -0.4 is 5.32 Å². The number of hydrogen-bond acceptors (Lipinski definition) is 8. The average molecular weight is 417 g/mol. The van der Waals surface area contributed by atoms with Crippen LogP contribution in [0.2, 0.25) is 0 Å². The minimum Gasteiger partial charge on any atom is -0.432 e. The van der Waals surface area contributed by atoms with Crippen molar-refractivity contribution in [3.05, 3.63) is 41.6 Å². The second kappa shape index (κ2) is 10.3. The number of anilines is 1. The monoisotopic (exact) mass is 417 g/mol. The SMILES string of the molecule is CCOCOC(=O)C(=O)c1ccc(NC=C2C(=O)N(CC)C(=O)N(CC)C2=O)cc1. The lowest BCUT2D eigenvalue weighted by atomic mass is 10.1. The molecular weight excluding hydrogens is 394 g/mol. The fourth-order valence-electron chi connectivity index (χ4n) is 2.62. The van der Waals surface area contributed by atoms with Gasteiger partial charge in [0, 0.05) is 37.1 Å². The Morgan fingerprint density at radius 2 is 1.53 bits per heavy atom. The number of amides is 4. The highest BCUT2D eigenvalue weighted by Crippen LogP contribution is 2.18. The van der Waals surface area contributed by atoms with Gasteiger partial charge in [-0.05, 0) is 45.0 Å². The fraction of sp³-hybridized carbons (Fsp3) is 0.350. The van der Waals surface area contributed by atoms with Gasteiger partial charge in [-0.15, -0.1) is 0 Å². The number of carbonyl (C=O) groups excluding carboxylic acids is 5. The van der Waals surface area contributed by atoms with Crippen LogP contribution in [0.3, 0.4) is 0 Å². The number of urea groups is 1. The van der Waals surface area contributed by atoms with Gasteiger partial charge in [0.2, 0.25) is 0 Å². The first-order valence-corrected chi connectivity index (χ1v) is 9.39. The predicted octanol–water partition coefficient (Wildman–Crippen LogP) is 1.53. The Kier molecular flexibility index (Phi) is 7.82. The van der Waals surface area contributed by atoms with Crippen molar-refractivity contribution in [2.75, 3.05) is 31.8 Å². The standard InChI is InChI=1S/C20H23N3O7/c1-4-22-17(25)15(18(26)23(5-2)20(22)28)11-21-14-9-7-13(8-10-14)16(24)19(27)30-12-29-6-3/h7-11,21H,4-6,12H2,1-3H3. The van der Waals surface area contributed by atoms with Crippen molar-refractivity contribution in [1.29, 1.82) is 0 Å². The lowest BCUT2D eigenvalue weighted by molar-refractivity contribution is -0.150. The van der Waals surface area contributed by atoms with Crippen LogP contribution in [0.15, 0.2) is 36.0 Å². The summed E-state index contributed by atoms with van der Waals surface area (Å²) >= 11 is 0. The van der Waals surface area contributed by atoms with Crippen LogP contribution >= 0.6 is 0 Å². The Balaban J connectivity index is 2.11. The van der Waals surface area contributed by atoms with E-state index >= 15 is 0 Å². The van der Waals surface area contributed by atoms with E-state index in [0.717, 1.165) is 9.80 Å². The number of nitrogens with zero attached hydrogens (tertiary/aromatic N) is 2. The molecule has 160 valence electrons. The first kappa shape index (κ1) is 22.8. The number of benzene rings is 1. The molecule has 1 heterocycles. The molecule has 1 aliphatic heterocycles. The topological polar surface area (TPSA) is 122 Å². The molecule has 10 nitrogen and oxygen atoms in total. The highest BCUT2D eigenvalue weighted by Gasteiger charge is 2.40. The number of nitrogens with one attached hydrogen (secondary N) is 1. The van der Waals surface area contributed by atoms with Crippen molar-refractivity contribution < 1.29 is 33.4 Å². The molecule has 0 bridgehead atoms. The predicted molar refractivity (Wildman–Crippen MR) is 105 cm³/mol. The summed E-state index contributed by atoms with van der Waals surface area (Å²) in [5.41, 5.74) is 0.391. The van der Waals surface area contributed by atoms with E-state index in [1.54, 1.807) is 20.8 Å². The Labute approximate surface area is 173 Å².